The summed E-state index contributed by atoms with van der Waals surface area (Å²) in [4.78, 5) is 27.4. The normalized spacial score (nSPS) is 13.4. The van der Waals surface area contributed by atoms with Gasteiger partial charge in [0.2, 0.25) is 0 Å². The Bertz CT molecular complexity index is 1420. The molecule has 0 saturated heterocycles. The van der Waals surface area contributed by atoms with E-state index in [9.17, 15) is 20.2 Å². The molecule has 5 rings (SSSR count). The Kier molecular flexibility index (Phi) is 5.64. The Morgan fingerprint density at radius 1 is 1.18 bits per heavy atom. The van der Waals surface area contributed by atoms with Gasteiger partial charge in [-0.25, -0.2) is 0 Å². The fraction of sp³-hybridized carbons (Fsp3) is 0.167. The Morgan fingerprint density at radius 3 is 2.76 bits per heavy atom. The van der Waals surface area contributed by atoms with Crippen molar-refractivity contribution >= 4 is 49.4 Å². The number of nitrogens with one attached hydrogen (secondary N) is 1. The highest BCUT2D eigenvalue weighted by Crippen LogP contribution is 2.38. The zero-order valence-corrected chi connectivity index (χ0v) is 19.0. The number of carbonyl (C=O) groups is 1. The van der Waals surface area contributed by atoms with E-state index in [1.807, 2.05) is 18.2 Å². The van der Waals surface area contributed by atoms with Crippen molar-refractivity contribution in [1.29, 1.82) is 5.26 Å². The number of hydrogen-bond donors (Lipinski definition) is 1. The number of carbonyl (C=O) groups excluding carboxylic acids is 1. The molecule has 164 valence electrons. The molecule has 7 nitrogen and oxygen atoms in total. The van der Waals surface area contributed by atoms with E-state index >= 15 is 0 Å². The second kappa shape index (κ2) is 8.75. The highest BCUT2D eigenvalue weighted by molar-refractivity contribution is 7.21. The molecule has 0 fully saturated rings. The number of nitro benzene ring substituents is 1. The van der Waals surface area contributed by atoms with Gasteiger partial charge in [-0.1, -0.05) is 30.3 Å². The van der Waals surface area contributed by atoms with Crippen molar-refractivity contribution in [2.45, 2.75) is 19.5 Å². The van der Waals surface area contributed by atoms with Gasteiger partial charge in [-0.2, -0.15) is 5.26 Å². The average molecular weight is 475 g/mol. The summed E-state index contributed by atoms with van der Waals surface area (Å²) < 4.78 is 0.799. The molecule has 1 amide bonds. The van der Waals surface area contributed by atoms with Crippen LogP contribution in [0.2, 0.25) is 0 Å². The number of nitrogens with zero attached hydrogens (tertiary/aromatic N) is 3. The van der Waals surface area contributed by atoms with Crippen molar-refractivity contribution in [2.24, 2.45) is 0 Å². The maximum Gasteiger partial charge on any atom is 0.270 e. The average Bonchev–Trinajstić information content (AvgIpc) is 3.39. The van der Waals surface area contributed by atoms with Crippen molar-refractivity contribution in [3.63, 3.8) is 0 Å². The molecule has 0 radical (unpaired) electrons. The van der Waals surface area contributed by atoms with E-state index in [4.69, 9.17) is 0 Å². The summed E-state index contributed by atoms with van der Waals surface area (Å²) in [5, 5.41) is 24.9. The fourth-order valence-corrected chi connectivity index (χ4v) is 6.23. The van der Waals surface area contributed by atoms with Crippen LogP contribution in [-0.4, -0.2) is 22.3 Å². The Morgan fingerprint density at radius 2 is 2.00 bits per heavy atom. The van der Waals surface area contributed by atoms with Gasteiger partial charge in [0, 0.05) is 46.7 Å². The van der Waals surface area contributed by atoms with E-state index < -0.39 is 4.92 Å². The van der Waals surface area contributed by atoms with E-state index in [1.165, 1.54) is 40.4 Å². The molecule has 1 aliphatic rings. The predicted molar refractivity (Wildman–Crippen MR) is 130 cm³/mol. The molecule has 0 spiro atoms. The van der Waals surface area contributed by atoms with E-state index in [1.54, 1.807) is 12.1 Å². The van der Waals surface area contributed by atoms with Gasteiger partial charge in [0.05, 0.1) is 15.4 Å². The van der Waals surface area contributed by atoms with Gasteiger partial charge in [-0.3, -0.25) is 19.8 Å². The van der Waals surface area contributed by atoms with Gasteiger partial charge >= 0.3 is 0 Å². The van der Waals surface area contributed by atoms with Crippen LogP contribution in [0.4, 0.5) is 10.7 Å². The maximum absolute atomic E-state index is 12.9. The van der Waals surface area contributed by atoms with Crippen LogP contribution in [-0.2, 0) is 19.5 Å². The quantitative estimate of drug-likeness (QED) is 0.302. The summed E-state index contributed by atoms with van der Waals surface area (Å²) in [6.45, 7) is 2.44. The van der Waals surface area contributed by atoms with Crippen LogP contribution in [0.15, 0.2) is 54.6 Å². The lowest BCUT2D eigenvalue weighted by Gasteiger charge is -2.26. The number of nitro groups is 1. The van der Waals surface area contributed by atoms with Crippen LogP contribution in [0, 0.1) is 21.4 Å². The second-order valence-electron chi connectivity index (χ2n) is 7.81. The van der Waals surface area contributed by atoms with Crippen LogP contribution in [0.5, 0.6) is 0 Å². The largest absolute Gasteiger partial charge is 0.312 e. The number of thiophene rings is 2. The van der Waals surface area contributed by atoms with Crippen molar-refractivity contribution in [3.8, 4) is 6.07 Å². The lowest BCUT2D eigenvalue weighted by atomic mass is 10.0. The molecule has 33 heavy (non-hydrogen) atoms. The molecule has 1 N–H and O–H groups in total. The van der Waals surface area contributed by atoms with Gasteiger partial charge in [0.1, 0.15) is 11.1 Å². The topological polar surface area (TPSA) is 99.3 Å². The predicted octanol–water partition coefficient (Wildman–Crippen LogP) is 5.55. The van der Waals surface area contributed by atoms with Crippen LogP contribution >= 0.6 is 22.7 Å². The summed E-state index contributed by atoms with van der Waals surface area (Å²) >= 11 is 2.73. The number of benzene rings is 2. The van der Waals surface area contributed by atoms with Crippen molar-refractivity contribution in [2.75, 3.05) is 11.9 Å². The summed E-state index contributed by atoms with van der Waals surface area (Å²) in [7, 11) is 0. The first-order chi connectivity index (χ1) is 16.0. The third-order valence-electron chi connectivity index (χ3n) is 5.66. The minimum absolute atomic E-state index is 0.00925. The summed E-state index contributed by atoms with van der Waals surface area (Å²) in [6.07, 6.45) is 0.768. The molecule has 2 aromatic heterocycles. The SMILES string of the molecule is N#Cc1c(NC(=O)c2cc3cc([N+](=O)[O-])ccc3s2)sc2c1CCN(Cc1ccccc1)C2. The summed E-state index contributed by atoms with van der Waals surface area (Å²) in [6, 6.07) is 18.8. The third kappa shape index (κ3) is 4.24. The van der Waals surface area contributed by atoms with E-state index in [0.717, 1.165) is 41.2 Å². The molecular formula is C24H18N4O3S2. The minimum Gasteiger partial charge on any atom is -0.312 e. The zero-order valence-electron chi connectivity index (χ0n) is 17.4. The summed E-state index contributed by atoms with van der Waals surface area (Å²) in [5.41, 5.74) is 2.80. The maximum atomic E-state index is 12.9. The standard InChI is InChI=1S/C24H18N4O3S2/c25-12-19-18-8-9-27(13-15-4-2-1-3-5-15)14-22(18)33-24(19)26-23(29)21-11-16-10-17(28(30)31)6-7-20(16)32-21/h1-7,10-11H,8-9,13-14H2,(H,26,29). The van der Waals surface area contributed by atoms with E-state index in [-0.39, 0.29) is 11.6 Å². The van der Waals surface area contributed by atoms with Crippen molar-refractivity contribution < 1.29 is 9.72 Å². The van der Waals surface area contributed by atoms with Gasteiger partial charge < -0.3 is 5.32 Å². The van der Waals surface area contributed by atoms with Crippen LogP contribution in [0.1, 0.15) is 31.2 Å². The number of anilines is 1. The Labute approximate surface area is 197 Å². The van der Waals surface area contributed by atoms with E-state index in [0.29, 0.717) is 20.8 Å². The first-order valence-electron chi connectivity index (χ1n) is 10.3. The Hall–Kier alpha value is -3.58. The van der Waals surface area contributed by atoms with Crippen molar-refractivity contribution in [1.82, 2.24) is 4.90 Å². The molecule has 4 aromatic rings. The highest BCUT2D eigenvalue weighted by Gasteiger charge is 2.26. The molecule has 3 heterocycles. The molecule has 0 bridgehead atoms. The first kappa shape index (κ1) is 21.3. The van der Waals surface area contributed by atoms with E-state index in [2.05, 4.69) is 28.4 Å². The van der Waals surface area contributed by atoms with Gasteiger partial charge in [0.25, 0.3) is 11.6 Å². The third-order valence-corrected chi connectivity index (χ3v) is 7.91. The molecule has 0 saturated carbocycles. The Balaban J connectivity index is 1.36. The summed E-state index contributed by atoms with van der Waals surface area (Å²) in [5.74, 6) is -0.310. The van der Waals surface area contributed by atoms with Crippen LogP contribution in [0.25, 0.3) is 10.1 Å². The molecule has 0 atom stereocenters. The number of hydrogen-bond acceptors (Lipinski definition) is 7. The second-order valence-corrected chi connectivity index (χ2v) is 10.00. The van der Waals surface area contributed by atoms with Crippen LogP contribution < -0.4 is 5.32 Å². The number of fused-ring (bicyclic) bond motifs is 2. The number of amides is 1. The van der Waals surface area contributed by atoms with Gasteiger partial charge in [-0.05, 0) is 29.7 Å². The number of non-ortho nitro benzene ring substituents is 1. The molecule has 2 aromatic carbocycles. The molecule has 0 unspecified atom stereocenters. The molecule has 0 aliphatic carbocycles. The molecule has 1 aliphatic heterocycles. The van der Waals surface area contributed by atoms with Crippen molar-refractivity contribution in [3.05, 3.63) is 91.2 Å². The fourth-order valence-electron chi connectivity index (χ4n) is 4.06. The first-order valence-corrected chi connectivity index (χ1v) is 12.0. The number of nitriles is 1. The molecular weight excluding hydrogens is 456 g/mol. The lowest BCUT2D eigenvalue weighted by Crippen LogP contribution is -2.29. The minimum atomic E-state index is -0.451. The smallest absolute Gasteiger partial charge is 0.270 e. The monoisotopic (exact) mass is 474 g/mol. The van der Waals surface area contributed by atoms with Gasteiger partial charge in [-0.15, -0.1) is 22.7 Å². The lowest BCUT2D eigenvalue weighted by molar-refractivity contribution is -0.384. The highest BCUT2D eigenvalue weighted by atomic mass is 32.1. The van der Waals surface area contributed by atoms with Gasteiger partial charge in [0.15, 0.2) is 0 Å². The zero-order chi connectivity index (χ0) is 22.9. The molecule has 9 heteroatoms. The van der Waals surface area contributed by atoms with Crippen LogP contribution in [0.3, 0.4) is 0 Å². The number of rotatable bonds is 5.